The number of carbonyl (C=O) groups excluding carboxylic acids is 1. The summed E-state index contributed by atoms with van der Waals surface area (Å²) in [4.78, 5) is 22.9. The molecule has 11 heteroatoms. The van der Waals surface area contributed by atoms with Gasteiger partial charge >= 0.3 is 6.09 Å². The number of anilines is 1. The van der Waals surface area contributed by atoms with E-state index in [4.69, 9.17) is 15.2 Å². The van der Waals surface area contributed by atoms with Gasteiger partial charge in [-0.05, 0) is 33.8 Å². The predicted octanol–water partition coefficient (Wildman–Crippen LogP) is 5.14. The van der Waals surface area contributed by atoms with Crippen molar-refractivity contribution in [1.82, 2.24) is 24.6 Å². The number of hydrogen-bond donors (Lipinski definition) is 1. The minimum Gasteiger partial charge on any atom is -0.494 e. The van der Waals surface area contributed by atoms with Gasteiger partial charge in [-0.25, -0.2) is 23.5 Å². The first kappa shape index (κ1) is 26.3. The van der Waals surface area contributed by atoms with Crippen molar-refractivity contribution >= 4 is 22.8 Å². The molecule has 0 aliphatic carbocycles. The maximum atomic E-state index is 14.8. The summed E-state index contributed by atoms with van der Waals surface area (Å²) in [5.74, 6) is -0.729. The van der Waals surface area contributed by atoms with Crippen molar-refractivity contribution in [3.63, 3.8) is 0 Å². The number of amides is 1. The van der Waals surface area contributed by atoms with Gasteiger partial charge in [-0.15, -0.1) is 0 Å². The van der Waals surface area contributed by atoms with Crippen molar-refractivity contribution < 1.29 is 23.0 Å². The van der Waals surface area contributed by atoms with Gasteiger partial charge in [-0.1, -0.05) is 18.2 Å². The van der Waals surface area contributed by atoms with Crippen LogP contribution in [0.4, 0.5) is 19.4 Å². The third kappa shape index (κ3) is 5.34. The molecule has 1 saturated heterocycles. The fourth-order valence-electron chi connectivity index (χ4n) is 4.53. The highest BCUT2D eigenvalue weighted by molar-refractivity contribution is 5.91. The maximum absolute atomic E-state index is 14.8. The number of benzene rings is 2. The second-order valence-electron chi connectivity index (χ2n) is 10.4. The lowest BCUT2D eigenvalue weighted by Crippen LogP contribution is -2.50. The third-order valence-electron chi connectivity index (χ3n) is 6.42. The van der Waals surface area contributed by atoms with Crippen molar-refractivity contribution in [2.24, 2.45) is 0 Å². The molecular formula is C28H30F2N6O3. The molecule has 0 atom stereocenters. The average molecular weight is 537 g/mol. The number of nitrogens with zero attached hydrogens (tertiary/aromatic N) is 5. The topological polar surface area (TPSA) is 108 Å². The Kier molecular flexibility index (Phi) is 6.83. The number of likely N-dealkylation sites (tertiary alicyclic amines) is 1. The SMILES string of the molecule is CCOc1cc(F)c(Cn2nc(-c3ncc(C4CN(C(=O)OC(C)(C)C)C4)c(N)n3)c3ccccc32)c(F)c1. The molecule has 1 aliphatic heterocycles. The van der Waals surface area contributed by atoms with Crippen molar-refractivity contribution in [3.8, 4) is 17.3 Å². The molecule has 9 nitrogen and oxygen atoms in total. The normalized spacial score (nSPS) is 13.9. The van der Waals surface area contributed by atoms with Crippen molar-refractivity contribution in [1.29, 1.82) is 0 Å². The minimum absolute atomic E-state index is 0.00789. The predicted molar refractivity (Wildman–Crippen MR) is 142 cm³/mol. The van der Waals surface area contributed by atoms with Crippen LogP contribution < -0.4 is 10.5 Å². The Morgan fingerprint density at radius 2 is 1.85 bits per heavy atom. The summed E-state index contributed by atoms with van der Waals surface area (Å²) in [6.07, 6.45) is 1.28. The number of hydrogen-bond acceptors (Lipinski definition) is 7. The molecule has 204 valence electrons. The molecule has 0 saturated carbocycles. The Morgan fingerprint density at radius 1 is 1.15 bits per heavy atom. The molecule has 2 aromatic heterocycles. The third-order valence-corrected chi connectivity index (χ3v) is 6.42. The van der Waals surface area contributed by atoms with Gasteiger partial charge in [0.25, 0.3) is 0 Å². The number of aromatic nitrogens is 4. The summed E-state index contributed by atoms with van der Waals surface area (Å²) in [6.45, 7) is 8.29. The number of rotatable bonds is 6. The van der Waals surface area contributed by atoms with Crippen molar-refractivity contribution in [2.45, 2.75) is 45.8 Å². The zero-order valence-electron chi connectivity index (χ0n) is 22.2. The van der Waals surface area contributed by atoms with Crippen molar-refractivity contribution in [2.75, 3.05) is 25.4 Å². The van der Waals surface area contributed by atoms with E-state index >= 15 is 0 Å². The van der Waals surface area contributed by atoms with E-state index in [1.165, 1.54) is 16.8 Å². The summed E-state index contributed by atoms with van der Waals surface area (Å²) in [6, 6.07) is 9.65. The molecule has 5 rings (SSSR count). The van der Waals surface area contributed by atoms with E-state index in [0.29, 0.717) is 36.7 Å². The van der Waals surface area contributed by atoms with Crippen LogP contribution in [0.2, 0.25) is 0 Å². The molecule has 3 heterocycles. The van der Waals surface area contributed by atoms with E-state index in [2.05, 4.69) is 15.1 Å². The highest BCUT2D eigenvalue weighted by atomic mass is 19.1. The largest absolute Gasteiger partial charge is 0.494 e. The maximum Gasteiger partial charge on any atom is 0.410 e. The van der Waals surface area contributed by atoms with Crippen LogP contribution in [0.5, 0.6) is 5.75 Å². The van der Waals surface area contributed by atoms with Crippen LogP contribution >= 0.6 is 0 Å². The Morgan fingerprint density at radius 3 is 2.49 bits per heavy atom. The van der Waals surface area contributed by atoms with Gasteiger partial charge in [0.15, 0.2) is 5.82 Å². The molecule has 1 amide bonds. The molecule has 2 aromatic carbocycles. The van der Waals surface area contributed by atoms with E-state index in [-0.39, 0.29) is 35.7 Å². The number of nitrogens with two attached hydrogens (primary N) is 1. The molecule has 0 spiro atoms. The lowest BCUT2D eigenvalue weighted by molar-refractivity contribution is 0.00819. The number of fused-ring (bicyclic) bond motifs is 1. The molecule has 2 N–H and O–H groups in total. The molecule has 1 aliphatic rings. The van der Waals surface area contributed by atoms with Gasteiger partial charge in [-0.2, -0.15) is 5.10 Å². The number of ether oxygens (including phenoxy) is 2. The summed E-state index contributed by atoms with van der Waals surface area (Å²) < 4.78 is 41.7. The van der Waals surface area contributed by atoms with E-state index < -0.39 is 17.2 Å². The number of para-hydroxylation sites is 1. The fraction of sp³-hybridized carbons (Fsp3) is 0.357. The number of halogens is 2. The van der Waals surface area contributed by atoms with Crippen LogP contribution in [0.1, 0.15) is 44.7 Å². The zero-order valence-corrected chi connectivity index (χ0v) is 22.2. The number of nitrogen functional groups attached to an aromatic ring is 1. The fourth-order valence-corrected chi connectivity index (χ4v) is 4.53. The monoisotopic (exact) mass is 536 g/mol. The molecule has 0 radical (unpaired) electrons. The van der Waals surface area contributed by atoms with Crippen LogP contribution in [0.3, 0.4) is 0 Å². The van der Waals surface area contributed by atoms with Gasteiger partial charge in [0.2, 0.25) is 0 Å². The highest BCUT2D eigenvalue weighted by Gasteiger charge is 2.36. The van der Waals surface area contributed by atoms with Gasteiger partial charge < -0.3 is 20.1 Å². The summed E-state index contributed by atoms with van der Waals surface area (Å²) >= 11 is 0. The minimum atomic E-state index is -0.717. The van der Waals surface area contributed by atoms with Crippen molar-refractivity contribution in [3.05, 3.63) is 65.4 Å². The van der Waals surface area contributed by atoms with Crippen LogP contribution in [0, 0.1) is 11.6 Å². The molecule has 4 aromatic rings. The first-order valence-corrected chi connectivity index (χ1v) is 12.7. The van der Waals surface area contributed by atoms with E-state index in [1.54, 1.807) is 18.0 Å². The van der Waals surface area contributed by atoms with Crippen LogP contribution in [-0.2, 0) is 11.3 Å². The standard InChI is InChI=1S/C28H30F2N6O3/c1-5-38-17-10-21(29)20(22(30)11-17)15-36-23-9-7-6-8-18(23)24(34-36)26-32-12-19(25(31)33-26)16-13-35(14-16)27(37)39-28(2,3)4/h6-12,16H,5,13-15H2,1-4H3,(H2,31,32,33). The molecule has 1 fully saturated rings. The number of carbonyl (C=O) groups is 1. The van der Waals surface area contributed by atoms with E-state index in [0.717, 1.165) is 10.9 Å². The van der Waals surface area contributed by atoms with E-state index in [1.807, 2.05) is 45.0 Å². The molecule has 0 bridgehead atoms. The highest BCUT2D eigenvalue weighted by Crippen LogP contribution is 2.33. The van der Waals surface area contributed by atoms with Crippen LogP contribution in [-0.4, -0.2) is 56.0 Å². The summed E-state index contributed by atoms with van der Waals surface area (Å²) in [5, 5.41) is 5.34. The quantitative estimate of drug-likeness (QED) is 0.364. The van der Waals surface area contributed by atoms with Gasteiger partial charge in [0, 0.05) is 53.9 Å². The lowest BCUT2D eigenvalue weighted by Gasteiger charge is -2.40. The Balaban J connectivity index is 1.40. The summed E-state index contributed by atoms with van der Waals surface area (Å²) in [7, 11) is 0. The van der Waals surface area contributed by atoms with Gasteiger partial charge in [0.1, 0.15) is 34.5 Å². The first-order chi connectivity index (χ1) is 18.5. The molecular weight excluding hydrogens is 506 g/mol. The molecule has 39 heavy (non-hydrogen) atoms. The van der Waals surface area contributed by atoms with Gasteiger partial charge in [0.05, 0.1) is 18.7 Å². The first-order valence-electron chi connectivity index (χ1n) is 12.7. The summed E-state index contributed by atoms with van der Waals surface area (Å²) in [5.41, 5.74) is 7.46. The van der Waals surface area contributed by atoms with Crippen LogP contribution in [0.25, 0.3) is 22.4 Å². The van der Waals surface area contributed by atoms with E-state index in [9.17, 15) is 13.6 Å². The smallest absolute Gasteiger partial charge is 0.410 e. The average Bonchev–Trinajstić information content (AvgIpc) is 3.19. The lowest BCUT2D eigenvalue weighted by atomic mass is 9.93. The Bertz CT molecular complexity index is 1520. The second-order valence-corrected chi connectivity index (χ2v) is 10.4. The zero-order chi connectivity index (χ0) is 27.9. The molecule has 0 unspecified atom stereocenters. The second kappa shape index (κ2) is 10.1. The van der Waals surface area contributed by atoms with Crippen LogP contribution in [0.15, 0.2) is 42.6 Å². The van der Waals surface area contributed by atoms with Gasteiger partial charge in [-0.3, -0.25) is 4.68 Å². The Hall–Kier alpha value is -4.28. The Labute approximate surface area is 224 Å².